The molecule has 4 aromatic rings. The highest BCUT2D eigenvalue weighted by Gasteiger charge is 2.23. The Morgan fingerprint density at radius 2 is 2.06 bits per heavy atom. The minimum atomic E-state index is -1.74. The molecule has 0 bridgehead atoms. The van der Waals surface area contributed by atoms with Gasteiger partial charge in [-0.15, -0.1) is 12.4 Å². The van der Waals surface area contributed by atoms with Gasteiger partial charge in [-0.1, -0.05) is 18.2 Å². The maximum Gasteiger partial charge on any atom is 0.323 e. The van der Waals surface area contributed by atoms with Crippen LogP contribution >= 0.6 is 12.4 Å². The molecule has 158 valence electrons. The topological polar surface area (TPSA) is 73.0 Å². The van der Waals surface area contributed by atoms with Crippen LogP contribution < -0.4 is 15.5 Å². The summed E-state index contributed by atoms with van der Waals surface area (Å²) in [6.07, 6.45) is 4.03. The van der Waals surface area contributed by atoms with Crippen molar-refractivity contribution in [3.05, 3.63) is 83.7 Å². The number of halogens is 1. The smallest absolute Gasteiger partial charge is 0.323 e. The molecule has 0 radical (unpaired) electrons. The van der Waals surface area contributed by atoms with Crippen LogP contribution in [0.5, 0.6) is 0 Å². The molecule has 0 fully saturated rings. The van der Waals surface area contributed by atoms with Gasteiger partial charge in [0, 0.05) is 53.4 Å². The number of hydrogen-bond donors (Lipinski definition) is 3. The molecule has 2 amide bonds. The third-order valence-electron chi connectivity index (χ3n) is 5.27. The molecule has 0 saturated carbocycles. The number of pyridine rings is 1. The fraction of sp³-hybridized carbons (Fsp3) is 0.167. The van der Waals surface area contributed by atoms with Crippen molar-refractivity contribution >= 4 is 46.5 Å². The van der Waals surface area contributed by atoms with E-state index in [1.54, 1.807) is 23.4 Å². The molecular formula is C24H24ClN5O. The molecule has 31 heavy (non-hydrogen) atoms. The lowest BCUT2D eigenvalue weighted by atomic mass is 10.1. The van der Waals surface area contributed by atoms with Crippen LogP contribution in [-0.4, -0.2) is 22.5 Å². The van der Waals surface area contributed by atoms with Crippen molar-refractivity contribution in [1.29, 1.82) is 0 Å². The van der Waals surface area contributed by atoms with Crippen molar-refractivity contribution in [3.8, 4) is 0 Å². The molecule has 1 aliphatic rings. The van der Waals surface area contributed by atoms with Crippen molar-refractivity contribution in [3.63, 3.8) is 0 Å². The number of carbonyl (C=O) groups is 1. The number of aromatic nitrogens is 2. The Morgan fingerprint density at radius 1 is 1.19 bits per heavy atom. The highest BCUT2D eigenvalue weighted by atomic mass is 35.5. The van der Waals surface area contributed by atoms with Crippen LogP contribution in [-0.2, 0) is 12.9 Å². The zero-order chi connectivity index (χ0) is 22.3. The quantitative estimate of drug-likeness (QED) is 0.396. The van der Waals surface area contributed by atoms with Crippen LogP contribution in [0.2, 0.25) is 0 Å². The summed E-state index contributed by atoms with van der Waals surface area (Å²) in [6, 6.07) is 16.5. The second kappa shape index (κ2) is 8.70. The van der Waals surface area contributed by atoms with Crippen molar-refractivity contribution in [1.82, 2.24) is 9.97 Å². The molecule has 0 unspecified atom stereocenters. The van der Waals surface area contributed by atoms with E-state index < -0.39 is 6.50 Å². The van der Waals surface area contributed by atoms with Gasteiger partial charge in [-0.25, -0.2) is 9.78 Å². The summed E-state index contributed by atoms with van der Waals surface area (Å²) in [7, 11) is 0. The average Bonchev–Trinajstić information content (AvgIpc) is 3.41. The standard InChI is InChI=1S/C24H23N5O.ClH/c1-16-4-2-5-18(14-16)27-24(30)28-21-6-3-7-22-20(21)10-13-29(22)15-17-8-11-25-23-19(17)9-12-26-23;/h2-9,11-12,14H,10,13,15H2,1H3,(H,25,26)(H2,27,28,30);1H/i15D2;. The number of rotatable bonds is 4. The third-order valence-corrected chi connectivity index (χ3v) is 5.27. The SMILES string of the molecule is Cl.[2H]C([2H])(c1ccnc2[nH]ccc12)N1CCc2c(NC(=O)Nc3cccc(C)c3)cccc21. The second-order valence-electron chi connectivity index (χ2n) is 7.36. The van der Waals surface area contributed by atoms with Gasteiger partial charge in [0.2, 0.25) is 0 Å². The highest BCUT2D eigenvalue weighted by molar-refractivity contribution is 6.01. The number of H-pyrrole nitrogens is 1. The number of benzene rings is 2. The van der Waals surface area contributed by atoms with E-state index in [9.17, 15) is 4.79 Å². The van der Waals surface area contributed by atoms with E-state index in [2.05, 4.69) is 20.6 Å². The van der Waals surface area contributed by atoms with Crippen LogP contribution in [0.25, 0.3) is 11.0 Å². The number of nitrogens with zero attached hydrogens (tertiary/aromatic N) is 2. The van der Waals surface area contributed by atoms with Crippen molar-refractivity contribution in [2.24, 2.45) is 0 Å². The van der Waals surface area contributed by atoms with Crippen LogP contribution in [0.1, 0.15) is 19.4 Å². The van der Waals surface area contributed by atoms with E-state index in [4.69, 9.17) is 2.74 Å². The number of hydrogen-bond acceptors (Lipinski definition) is 3. The Morgan fingerprint density at radius 3 is 2.94 bits per heavy atom. The Hall–Kier alpha value is -3.51. The lowest BCUT2D eigenvalue weighted by molar-refractivity contribution is 0.262. The van der Waals surface area contributed by atoms with Gasteiger partial charge in [-0.2, -0.15) is 0 Å². The first kappa shape index (κ1) is 18.3. The van der Waals surface area contributed by atoms with E-state index in [0.29, 0.717) is 29.9 Å². The Bertz CT molecular complexity index is 1320. The maximum atomic E-state index is 12.6. The van der Waals surface area contributed by atoms with Gasteiger partial charge in [-0.05, 0) is 60.9 Å². The summed E-state index contributed by atoms with van der Waals surface area (Å²) in [5.74, 6) is 0. The number of urea groups is 1. The lowest BCUT2D eigenvalue weighted by Crippen LogP contribution is -2.20. The molecule has 2 aromatic carbocycles. The van der Waals surface area contributed by atoms with Gasteiger partial charge in [0.25, 0.3) is 0 Å². The third kappa shape index (κ3) is 4.20. The minimum absolute atomic E-state index is 0. The van der Waals surface area contributed by atoms with Gasteiger partial charge in [-0.3, -0.25) is 0 Å². The first-order valence-corrected chi connectivity index (χ1v) is 9.90. The van der Waals surface area contributed by atoms with Crippen LogP contribution in [0, 0.1) is 6.92 Å². The molecule has 7 heteroatoms. The predicted molar refractivity (Wildman–Crippen MR) is 128 cm³/mol. The molecule has 0 spiro atoms. The van der Waals surface area contributed by atoms with Gasteiger partial charge in [0.15, 0.2) is 0 Å². The van der Waals surface area contributed by atoms with E-state index in [1.165, 1.54) is 0 Å². The number of aromatic amines is 1. The zero-order valence-corrected chi connectivity index (χ0v) is 17.8. The number of anilines is 3. The van der Waals surface area contributed by atoms with E-state index in [-0.39, 0.29) is 18.4 Å². The fourth-order valence-corrected chi connectivity index (χ4v) is 3.88. The first-order valence-electron chi connectivity index (χ1n) is 10.9. The van der Waals surface area contributed by atoms with Gasteiger partial charge >= 0.3 is 6.03 Å². The Kier molecular flexibility index (Phi) is 5.13. The number of fused-ring (bicyclic) bond motifs is 2. The predicted octanol–water partition coefficient (Wildman–Crippen LogP) is 5.50. The number of aryl methyl sites for hydroxylation is 1. The molecule has 3 heterocycles. The summed E-state index contributed by atoms with van der Waals surface area (Å²) in [6.45, 7) is 0.742. The Labute approximate surface area is 189 Å². The second-order valence-corrected chi connectivity index (χ2v) is 7.36. The summed E-state index contributed by atoms with van der Waals surface area (Å²) < 4.78 is 17.9. The van der Waals surface area contributed by atoms with Crippen LogP contribution in [0.15, 0.2) is 67.0 Å². The fourth-order valence-electron chi connectivity index (χ4n) is 3.88. The molecule has 0 saturated heterocycles. The number of amides is 2. The van der Waals surface area contributed by atoms with Crippen molar-refractivity contribution < 1.29 is 7.54 Å². The molecule has 0 aliphatic carbocycles. The van der Waals surface area contributed by atoms with E-state index >= 15 is 0 Å². The maximum absolute atomic E-state index is 12.6. The zero-order valence-electron chi connectivity index (χ0n) is 19.0. The van der Waals surface area contributed by atoms with E-state index in [1.807, 2.05) is 55.5 Å². The summed E-state index contributed by atoms with van der Waals surface area (Å²) >= 11 is 0. The summed E-state index contributed by atoms with van der Waals surface area (Å²) in [5.41, 5.74) is 5.41. The largest absolute Gasteiger partial charge is 0.367 e. The molecule has 5 rings (SSSR count). The number of nitrogens with one attached hydrogen (secondary N) is 3. The lowest BCUT2D eigenvalue weighted by Gasteiger charge is -2.20. The first-order chi connectivity index (χ1) is 15.4. The molecule has 0 atom stereocenters. The van der Waals surface area contributed by atoms with Crippen molar-refractivity contribution in [2.75, 3.05) is 22.1 Å². The monoisotopic (exact) mass is 435 g/mol. The van der Waals surface area contributed by atoms with Gasteiger partial charge in [0.05, 0.1) is 2.74 Å². The number of carbonyl (C=O) groups excluding carboxylic acids is 1. The minimum Gasteiger partial charge on any atom is -0.367 e. The normalized spacial score (nSPS) is 13.8. The Balaban J connectivity index is 0.00000259. The molecule has 6 nitrogen and oxygen atoms in total. The highest BCUT2D eigenvalue weighted by Crippen LogP contribution is 2.35. The van der Waals surface area contributed by atoms with Gasteiger partial charge < -0.3 is 20.5 Å². The van der Waals surface area contributed by atoms with Crippen LogP contribution in [0.4, 0.5) is 21.9 Å². The molecular weight excluding hydrogens is 410 g/mol. The molecule has 2 aromatic heterocycles. The van der Waals surface area contributed by atoms with Crippen molar-refractivity contribution in [2.45, 2.75) is 19.8 Å². The van der Waals surface area contributed by atoms with E-state index in [0.717, 1.165) is 27.9 Å². The van der Waals surface area contributed by atoms with Gasteiger partial charge in [0.1, 0.15) is 5.65 Å². The average molecular weight is 436 g/mol. The molecule has 1 aliphatic heterocycles. The summed E-state index contributed by atoms with van der Waals surface area (Å²) in [4.78, 5) is 21.7. The summed E-state index contributed by atoms with van der Waals surface area (Å²) in [5, 5.41) is 6.55. The van der Waals surface area contributed by atoms with Crippen LogP contribution in [0.3, 0.4) is 0 Å². The molecule has 3 N–H and O–H groups in total.